The molecule has 5 heteroatoms. The summed E-state index contributed by atoms with van der Waals surface area (Å²) in [5.41, 5.74) is 2.17. The highest BCUT2D eigenvalue weighted by molar-refractivity contribution is 9.10. The summed E-state index contributed by atoms with van der Waals surface area (Å²) in [5, 5.41) is 2.85. The van der Waals surface area contributed by atoms with E-state index in [4.69, 9.17) is 0 Å². The molecule has 1 N–H and O–H groups in total. The van der Waals surface area contributed by atoms with Crippen molar-refractivity contribution in [2.24, 2.45) is 0 Å². The van der Waals surface area contributed by atoms with Gasteiger partial charge in [0.05, 0.1) is 5.56 Å². The fourth-order valence-electron chi connectivity index (χ4n) is 1.79. The standard InChI is InChI=1S/C14H10BrN3O/c15-11-2-4-12(5-3-11)17-14(19)10-1-6-13-16-7-8-18(13)9-10/h1-9H,(H,17,19). The molecule has 3 aromatic rings. The zero-order valence-electron chi connectivity index (χ0n) is 9.88. The van der Waals surface area contributed by atoms with Crippen molar-refractivity contribution in [1.82, 2.24) is 9.38 Å². The van der Waals surface area contributed by atoms with Crippen molar-refractivity contribution in [3.8, 4) is 0 Å². The van der Waals surface area contributed by atoms with Crippen molar-refractivity contribution < 1.29 is 4.79 Å². The molecule has 0 saturated heterocycles. The SMILES string of the molecule is O=C(Nc1ccc(Br)cc1)c1ccc2nccn2c1. The van der Waals surface area contributed by atoms with E-state index in [1.54, 1.807) is 18.5 Å². The average molecular weight is 316 g/mol. The van der Waals surface area contributed by atoms with Crippen LogP contribution in [0, 0.1) is 0 Å². The van der Waals surface area contributed by atoms with Crippen LogP contribution in [-0.4, -0.2) is 15.3 Å². The summed E-state index contributed by atoms with van der Waals surface area (Å²) in [5.74, 6) is -0.141. The number of anilines is 1. The third-order valence-electron chi connectivity index (χ3n) is 2.75. The quantitative estimate of drug-likeness (QED) is 0.788. The molecule has 0 fully saturated rings. The third kappa shape index (κ3) is 2.51. The summed E-state index contributed by atoms with van der Waals surface area (Å²) in [7, 11) is 0. The van der Waals surface area contributed by atoms with Gasteiger partial charge in [0.2, 0.25) is 0 Å². The molecular formula is C14H10BrN3O. The highest BCUT2D eigenvalue weighted by Crippen LogP contribution is 2.15. The van der Waals surface area contributed by atoms with E-state index in [9.17, 15) is 4.79 Å². The van der Waals surface area contributed by atoms with Crippen LogP contribution < -0.4 is 5.32 Å². The number of carbonyl (C=O) groups is 1. The molecule has 4 nitrogen and oxygen atoms in total. The van der Waals surface area contributed by atoms with Crippen LogP contribution in [0.5, 0.6) is 0 Å². The molecule has 0 spiro atoms. The van der Waals surface area contributed by atoms with E-state index in [0.717, 1.165) is 15.8 Å². The number of rotatable bonds is 2. The van der Waals surface area contributed by atoms with Crippen molar-refractivity contribution >= 4 is 33.2 Å². The molecular weight excluding hydrogens is 306 g/mol. The first-order chi connectivity index (χ1) is 9.22. The van der Waals surface area contributed by atoms with Gasteiger partial charge in [0.15, 0.2) is 0 Å². The number of halogens is 1. The minimum atomic E-state index is -0.141. The largest absolute Gasteiger partial charge is 0.322 e. The number of nitrogens with one attached hydrogen (secondary N) is 1. The van der Waals surface area contributed by atoms with Gasteiger partial charge in [0.1, 0.15) is 5.65 Å². The first-order valence-electron chi connectivity index (χ1n) is 5.72. The molecule has 0 unspecified atom stereocenters. The number of imidazole rings is 1. The molecule has 0 atom stereocenters. The normalized spacial score (nSPS) is 10.6. The maximum atomic E-state index is 12.1. The number of hydrogen-bond acceptors (Lipinski definition) is 2. The Balaban J connectivity index is 1.84. The van der Waals surface area contributed by atoms with Gasteiger partial charge in [-0.3, -0.25) is 4.79 Å². The second-order valence-electron chi connectivity index (χ2n) is 4.07. The zero-order valence-corrected chi connectivity index (χ0v) is 11.5. The molecule has 0 aliphatic heterocycles. The lowest BCUT2D eigenvalue weighted by Crippen LogP contribution is -2.12. The smallest absolute Gasteiger partial charge is 0.257 e. The number of nitrogens with zero attached hydrogens (tertiary/aromatic N) is 2. The third-order valence-corrected chi connectivity index (χ3v) is 3.28. The lowest BCUT2D eigenvalue weighted by Gasteiger charge is -2.05. The Morgan fingerprint density at radius 3 is 2.74 bits per heavy atom. The minimum absolute atomic E-state index is 0.141. The fourth-order valence-corrected chi connectivity index (χ4v) is 2.06. The molecule has 0 aliphatic carbocycles. The van der Waals surface area contributed by atoms with Crippen molar-refractivity contribution in [2.75, 3.05) is 5.32 Å². The number of hydrogen-bond donors (Lipinski definition) is 1. The molecule has 2 aromatic heterocycles. The maximum Gasteiger partial charge on any atom is 0.257 e. The van der Waals surface area contributed by atoms with E-state index in [-0.39, 0.29) is 5.91 Å². The molecule has 94 valence electrons. The van der Waals surface area contributed by atoms with Crippen LogP contribution in [0.3, 0.4) is 0 Å². The Morgan fingerprint density at radius 1 is 1.16 bits per heavy atom. The summed E-state index contributed by atoms with van der Waals surface area (Å²) in [4.78, 5) is 16.2. The van der Waals surface area contributed by atoms with E-state index in [1.807, 2.05) is 40.9 Å². The Morgan fingerprint density at radius 2 is 1.95 bits per heavy atom. The van der Waals surface area contributed by atoms with E-state index in [1.165, 1.54) is 0 Å². The van der Waals surface area contributed by atoms with Crippen LogP contribution in [0.1, 0.15) is 10.4 Å². The van der Waals surface area contributed by atoms with Gasteiger partial charge < -0.3 is 9.72 Å². The van der Waals surface area contributed by atoms with Crippen molar-refractivity contribution in [3.05, 3.63) is 65.0 Å². The second kappa shape index (κ2) is 4.85. The molecule has 0 bridgehead atoms. The van der Waals surface area contributed by atoms with Gasteiger partial charge in [-0.25, -0.2) is 4.98 Å². The van der Waals surface area contributed by atoms with E-state index < -0.39 is 0 Å². The highest BCUT2D eigenvalue weighted by atomic mass is 79.9. The number of benzene rings is 1. The van der Waals surface area contributed by atoms with Gasteiger partial charge >= 0.3 is 0 Å². The van der Waals surface area contributed by atoms with E-state index in [0.29, 0.717) is 5.56 Å². The van der Waals surface area contributed by atoms with Gasteiger partial charge in [-0.2, -0.15) is 0 Å². The lowest BCUT2D eigenvalue weighted by molar-refractivity contribution is 0.102. The Labute approximate surface area is 118 Å². The molecule has 1 amide bonds. The maximum absolute atomic E-state index is 12.1. The summed E-state index contributed by atoms with van der Waals surface area (Å²) >= 11 is 3.36. The van der Waals surface area contributed by atoms with Gasteiger partial charge in [0.25, 0.3) is 5.91 Å². The van der Waals surface area contributed by atoms with E-state index in [2.05, 4.69) is 26.2 Å². The fraction of sp³-hybridized carbons (Fsp3) is 0. The van der Waals surface area contributed by atoms with Crippen molar-refractivity contribution in [3.63, 3.8) is 0 Å². The molecule has 0 radical (unpaired) electrons. The highest BCUT2D eigenvalue weighted by Gasteiger charge is 2.07. The summed E-state index contributed by atoms with van der Waals surface area (Å²) in [6.07, 6.45) is 5.27. The van der Waals surface area contributed by atoms with Gasteiger partial charge in [0, 0.05) is 28.8 Å². The summed E-state index contributed by atoms with van der Waals surface area (Å²) in [6.45, 7) is 0. The Kier molecular flexibility index (Phi) is 3.05. The van der Waals surface area contributed by atoms with Gasteiger partial charge in [-0.15, -0.1) is 0 Å². The topological polar surface area (TPSA) is 46.4 Å². The van der Waals surface area contributed by atoms with Crippen LogP contribution in [-0.2, 0) is 0 Å². The number of amides is 1. The lowest BCUT2D eigenvalue weighted by atomic mass is 10.2. The molecule has 19 heavy (non-hydrogen) atoms. The first kappa shape index (κ1) is 11.9. The van der Waals surface area contributed by atoms with Crippen LogP contribution in [0.15, 0.2) is 59.5 Å². The summed E-state index contributed by atoms with van der Waals surface area (Å²) in [6, 6.07) is 11.0. The van der Waals surface area contributed by atoms with Crippen molar-refractivity contribution in [1.29, 1.82) is 0 Å². The second-order valence-corrected chi connectivity index (χ2v) is 4.99. The number of carbonyl (C=O) groups excluding carboxylic acids is 1. The monoisotopic (exact) mass is 315 g/mol. The van der Waals surface area contributed by atoms with Crippen LogP contribution in [0.2, 0.25) is 0 Å². The zero-order chi connectivity index (χ0) is 13.2. The molecule has 0 saturated carbocycles. The Bertz CT molecular complexity index is 734. The number of aromatic nitrogens is 2. The van der Waals surface area contributed by atoms with Crippen LogP contribution in [0.4, 0.5) is 5.69 Å². The predicted octanol–water partition coefficient (Wildman–Crippen LogP) is 3.35. The van der Waals surface area contributed by atoms with Gasteiger partial charge in [-0.1, -0.05) is 15.9 Å². The number of pyridine rings is 1. The molecule has 0 aliphatic rings. The van der Waals surface area contributed by atoms with Gasteiger partial charge in [-0.05, 0) is 36.4 Å². The van der Waals surface area contributed by atoms with Crippen LogP contribution >= 0.6 is 15.9 Å². The summed E-state index contributed by atoms with van der Waals surface area (Å²) < 4.78 is 2.79. The Hall–Kier alpha value is -2.14. The van der Waals surface area contributed by atoms with Crippen LogP contribution in [0.25, 0.3) is 5.65 Å². The van der Waals surface area contributed by atoms with E-state index >= 15 is 0 Å². The number of fused-ring (bicyclic) bond motifs is 1. The predicted molar refractivity (Wildman–Crippen MR) is 77.3 cm³/mol. The van der Waals surface area contributed by atoms with Crippen molar-refractivity contribution in [2.45, 2.75) is 0 Å². The minimum Gasteiger partial charge on any atom is -0.322 e. The molecule has 2 heterocycles. The first-order valence-corrected chi connectivity index (χ1v) is 6.51. The average Bonchev–Trinajstić information content (AvgIpc) is 2.88. The molecule has 1 aromatic carbocycles. The molecule has 3 rings (SSSR count).